The van der Waals surface area contributed by atoms with Gasteiger partial charge in [0.05, 0.1) is 0 Å². The number of nitrogens with zero attached hydrogens (tertiary/aromatic N) is 1. The molecule has 0 aliphatic carbocycles. The average molecular weight is 202 g/mol. The molecule has 1 unspecified atom stereocenters. The van der Waals surface area contributed by atoms with Gasteiger partial charge in [0.2, 0.25) is 0 Å². The quantitative estimate of drug-likeness (QED) is 0.678. The van der Waals surface area contributed by atoms with Crippen molar-refractivity contribution in [2.24, 2.45) is 5.92 Å². The summed E-state index contributed by atoms with van der Waals surface area (Å²) >= 11 is 5.84. The van der Waals surface area contributed by atoms with Gasteiger partial charge in [-0.25, -0.2) is 0 Å². The van der Waals surface area contributed by atoms with Crippen molar-refractivity contribution >= 4 is 11.6 Å². The molecule has 1 fully saturated rings. The van der Waals surface area contributed by atoms with Crippen LogP contribution in [0, 0.1) is 5.92 Å². The molecular formula is C11H20ClN. The topological polar surface area (TPSA) is 3.24 Å². The van der Waals surface area contributed by atoms with E-state index in [1.807, 2.05) is 0 Å². The van der Waals surface area contributed by atoms with Crippen LogP contribution < -0.4 is 0 Å². The predicted molar refractivity (Wildman–Crippen MR) is 59.0 cm³/mol. The van der Waals surface area contributed by atoms with Crippen LogP contribution in [0.3, 0.4) is 0 Å². The summed E-state index contributed by atoms with van der Waals surface area (Å²) in [6.07, 6.45) is 4.00. The van der Waals surface area contributed by atoms with E-state index in [-0.39, 0.29) is 0 Å². The molecule has 0 saturated carbocycles. The molecule has 13 heavy (non-hydrogen) atoms. The second-order valence-corrected chi connectivity index (χ2v) is 4.83. The zero-order chi connectivity index (χ0) is 9.84. The van der Waals surface area contributed by atoms with Gasteiger partial charge in [0.1, 0.15) is 0 Å². The highest BCUT2D eigenvalue weighted by molar-refractivity contribution is 6.29. The smallest absolute Gasteiger partial charge is 0.0338 e. The van der Waals surface area contributed by atoms with Crippen LogP contribution in [0.5, 0.6) is 0 Å². The van der Waals surface area contributed by atoms with Gasteiger partial charge in [0.25, 0.3) is 0 Å². The molecule has 0 aromatic carbocycles. The van der Waals surface area contributed by atoms with E-state index < -0.39 is 0 Å². The Morgan fingerprint density at radius 1 is 1.54 bits per heavy atom. The number of piperidine rings is 1. The van der Waals surface area contributed by atoms with Gasteiger partial charge in [0, 0.05) is 17.6 Å². The summed E-state index contributed by atoms with van der Waals surface area (Å²) in [5.74, 6) is 0.733. The van der Waals surface area contributed by atoms with E-state index in [0.717, 1.165) is 17.5 Å². The largest absolute Gasteiger partial charge is 0.295 e. The van der Waals surface area contributed by atoms with Crippen molar-refractivity contribution in [1.82, 2.24) is 4.90 Å². The lowest BCUT2D eigenvalue weighted by atomic mass is 9.93. The molecular weight excluding hydrogens is 182 g/mol. The summed E-state index contributed by atoms with van der Waals surface area (Å²) in [6, 6.07) is 0.712. The van der Waals surface area contributed by atoms with Crippen molar-refractivity contribution in [2.45, 2.75) is 39.2 Å². The van der Waals surface area contributed by atoms with Crippen LogP contribution in [0.15, 0.2) is 11.6 Å². The highest BCUT2D eigenvalue weighted by Gasteiger charge is 2.24. The summed E-state index contributed by atoms with van der Waals surface area (Å²) < 4.78 is 0. The van der Waals surface area contributed by atoms with Crippen molar-refractivity contribution < 1.29 is 0 Å². The lowest BCUT2D eigenvalue weighted by Crippen LogP contribution is -2.43. The van der Waals surface area contributed by atoms with Gasteiger partial charge in [-0.15, -0.1) is 0 Å². The molecule has 0 aromatic heterocycles. The standard InChI is InChI=1S/C11H20ClN/c1-9(2)11-6-4-5-7-13(11)8-10(3)12/h9,11H,3-8H2,1-2H3. The third kappa shape index (κ3) is 3.32. The van der Waals surface area contributed by atoms with E-state index in [0.29, 0.717) is 6.04 Å². The highest BCUT2D eigenvalue weighted by atomic mass is 35.5. The molecule has 76 valence electrons. The molecule has 0 amide bonds. The normalized spacial score (nSPS) is 25.1. The molecule has 0 aromatic rings. The molecule has 1 aliphatic rings. The predicted octanol–water partition coefficient (Wildman–Crippen LogP) is 3.25. The zero-order valence-corrected chi connectivity index (χ0v) is 9.48. The molecule has 1 heterocycles. The van der Waals surface area contributed by atoms with Crippen molar-refractivity contribution in [3.05, 3.63) is 11.6 Å². The Kier molecular flexibility index (Phi) is 4.27. The van der Waals surface area contributed by atoms with Gasteiger partial charge >= 0.3 is 0 Å². The van der Waals surface area contributed by atoms with Crippen LogP contribution >= 0.6 is 11.6 Å². The Hall–Kier alpha value is -0.0100. The van der Waals surface area contributed by atoms with E-state index in [1.165, 1.54) is 25.8 Å². The van der Waals surface area contributed by atoms with Gasteiger partial charge in [-0.05, 0) is 25.3 Å². The Labute approximate surface area is 86.8 Å². The average Bonchev–Trinajstić information content (AvgIpc) is 2.03. The zero-order valence-electron chi connectivity index (χ0n) is 8.72. The SMILES string of the molecule is C=C(Cl)CN1CCCCC1C(C)C. The summed E-state index contributed by atoms with van der Waals surface area (Å²) in [6.45, 7) is 10.4. The van der Waals surface area contributed by atoms with Crippen LogP contribution in [-0.4, -0.2) is 24.0 Å². The van der Waals surface area contributed by atoms with Crippen molar-refractivity contribution in [2.75, 3.05) is 13.1 Å². The summed E-state index contributed by atoms with van der Waals surface area (Å²) in [7, 11) is 0. The van der Waals surface area contributed by atoms with E-state index in [1.54, 1.807) is 0 Å². The summed E-state index contributed by atoms with van der Waals surface area (Å²) in [4.78, 5) is 2.48. The monoisotopic (exact) mass is 201 g/mol. The van der Waals surface area contributed by atoms with Crippen LogP contribution in [-0.2, 0) is 0 Å². The molecule has 0 N–H and O–H groups in total. The van der Waals surface area contributed by atoms with Crippen LogP contribution in [0.2, 0.25) is 0 Å². The minimum Gasteiger partial charge on any atom is -0.295 e. The minimum absolute atomic E-state index is 0.712. The van der Waals surface area contributed by atoms with Gasteiger partial charge in [-0.2, -0.15) is 0 Å². The fraction of sp³-hybridized carbons (Fsp3) is 0.818. The molecule has 1 atom stereocenters. The maximum Gasteiger partial charge on any atom is 0.0338 e. The first kappa shape index (κ1) is 11.1. The fourth-order valence-corrected chi connectivity index (χ4v) is 2.34. The second-order valence-electron chi connectivity index (χ2n) is 4.29. The number of halogens is 1. The minimum atomic E-state index is 0.712. The Morgan fingerprint density at radius 3 is 2.77 bits per heavy atom. The first-order chi connectivity index (χ1) is 6.11. The van der Waals surface area contributed by atoms with E-state index in [9.17, 15) is 0 Å². The maximum absolute atomic E-state index is 5.84. The van der Waals surface area contributed by atoms with E-state index in [2.05, 4.69) is 25.3 Å². The van der Waals surface area contributed by atoms with Crippen molar-refractivity contribution in [3.8, 4) is 0 Å². The van der Waals surface area contributed by atoms with Gasteiger partial charge in [-0.3, -0.25) is 4.90 Å². The lowest BCUT2D eigenvalue weighted by Gasteiger charge is -2.38. The first-order valence-electron chi connectivity index (χ1n) is 5.18. The number of hydrogen-bond acceptors (Lipinski definition) is 1. The van der Waals surface area contributed by atoms with E-state index >= 15 is 0 Å². The molecule has 1 nitrogen and oxygen atoms in total. The fourth-order valence-electron chi connectivity index (χ4n) is 2.19. The van der Waals surface area contributed by atoms with Crippen molar-refractivity contribution in [3.63, 3.8) is 0 Å². The highest BCUT2D eigenvalue weighted by Crippen LogP contribution is 2.23. The van der Waals surface area contributed by atoms with Crippen molar-refractivity contribution in [1.29, 1.82) is 0 Å². The van der Waals surface area contributed by atoms with Crippen LogP contribution in [0.1, 0.15) is 33.1 Å². The Bertz CT molecular complexity index is 177. The van der Waals surface area contributed by atoms with Crippen LogP contribution in [0.25, 0.3) is 0 Å². The molecule has 0 spiro atoms. The number of likely N-dealkylation sites (tertiary alicyclic amines) is 1. The lowest BCUT2D eigenvalue weighted by molar-refractivity contribution is 0.125. The van der Waals surface area contributed by atoms with Gasteiger partial charge in [-0.1, -0.05) is 38.4 Å². The Morgan fingerprint density at radius 2 is 2.23 bits per heavy atom. The van der Waals surface area contributed by atoms with Crippen LogP contribution in [0.4, 0.5) is 0 Å². The molecule has 1 rings (SSSR count). The molecule has 1 aliphatic heterocycles. The molecule has 1 saturated heterocycles. The second kappa shape index (κ2) is 5.02. The Balaban J connectivity index is 2.51. The molecule has 0 bridgehead atoms. The molecule has 0 radical (unpaired) electrons. The van der Waals surface area contributed by atoms with Gasteiger partial charge in [0.15, 0.2) is 0 Å². The summed E-state index contributed by atoms with van der Waals surface area (Å²) in [5.41, 5.74) is 0. The third-order valence-electron chi connectivity index (χ3n) is 2.81. The van der Waals surface area contributed by atoms with E-state index in [4.69, 9.17) is 11.6 Å². The number of hydrogen-bond donors (Lipinski definition) is 0. The third-order valence-corrected chi connectivity index (χ3v) is 2.93. The summed E-state index contributed by atoms with van der Waals surface area (Å²) in [5, 5.41) is 0.771. The first-order valence-corrected chi connectivity index (χ1v) is 5.56. The number of rotatable bonds is 3. The van der Waals surface area contributed by atoms with Gasteiger partial charge < -0.3 is 0 Å². The maximum atomic E-state index is 5.84. The molecule has 2 heteroatoms.